The summed E-state index contributed by atoms with van der Waals surface area (Å²) in [7, 11) is -2.73. The first-order valence-corrected chi connectivity index (χ1v) is 15.5. The van der Waals surface area contributed by atoms with Gasteiger partial charge in [0.25, 0.3) is 5.91 Å². The van der Waals surface area contributed by atoms with Gasteiger partial charge in [0.2, 0.25) is 5.91 Å². The van der Waals surface area contributed by atoms with Crippen LogP contribution in [0.4, 0.5) is 11.4 Å². The third-order valence-electron chi connectivity index (χ3n) is 7.80. The minimum atomic E-state index is -2.73. The Balaban J connectivity index is 1.52. The van der Waals surface area contributed by atoms with Crippen LogP contribution in [0.5, 0.6) is 0 Å². The molecule has 2 saturated heterocycles. The van der Waals surface area contributed by atoms with E-state index in [1.54, 1.807) is 21.9 Å². The van der Waals surface area contributed by atoms with E-state index in [0.29, 0.717) is 30.0 Å². The van der Waals surface area contributed by atoms with E-state index in [2.05, 4.69) is 0 Å². The number of β-lactam (4-membered cyclic amide) rings is 1. The van der Waals surface area contributed by atoms with Gasteiger partial charge < -0.3 is 24.4 Å². The number of hydrogen-bond acceptors (Lipinski definition) is 5. The number of nitrogens with zero attached hydrogens (tertiary/aromatic N) is 2. The van der Waals surface area contributed by atoms with Crippen LogP contribution < -0.4 is 9.80 Å². The molecule has 3 heterocycles. The molecule has 0 aliphatic carbocycles. The van der Waals surface area contributed by atoms with Gasteiger partial charge in [0.05, 0.1) is 18.3 Å². The molecule has 2 amide bonds. The summed E-state index contributed by atoms with van der Waals surface area (Å²) in [6.07, 6.45) is 0.508. The minimum absolute atomic E-state index is 0.0827. The molecule has 0 bridgehead atoms. The number of halogens is 1. The Hall–Kier alpha value is -2.23. The third kappa shape index (κ3) is 3.83. The summed E-state index contributed by atoms with van der Waals surface area (Å²) in [5.41, 5.74) is 1.77. The van der Waals surface area contributed by atoms with Gasteiger partial charge in [0, 0.05) is 47.3 Å². The van der Waals surface area contributed by atoms with Gasteiger partial charge >= 0.3 is 0 Å². The molecule has 5 rings (SSSR count). The standard InChI is InChI=1S/C26H31ClN2O5Si/c1-16-24(35(2,3)33)22(11-13-30)34-26(16)20-14-18(27)6-9-21(20)29(25(26)32)15-17-4-7-19(8-5-17)28-12-10-23(28)31/h4-9,14,16,22,24,30,33H,10-13,15H2,1-3H3/t16-,22+,24-,26+/m1/s1. The number of aliphatic hydroxyl groups is 1. The normalized spacial score (nSPS) is 28.1. The van der Waals surface area contributed by atoms with Crippen molar-refractivity contribution in [3.8, 4) is 0 Å². The lowest BCUT2D eigenvalue weighted by Gasteiger charge is -2.32. The van der Waals surface area contributed by atoms with Crippen molar-refractivity contribution in [1.82, 2.24) is 0 Å². The van der Waals surface area contributed by atoms with Crippen molar-refractivity contribution in [1.29, 1.82) is 0 Å². The monoisotopic (exact) mass is 514 g/mol. The Kier molecular flexibility index (Phi) is 6.09. The zero-order chi connectivity index (χ0) is 25.1. The smallest absolute Gasteiger partial charge is 0.264 e. The van der Waals surface area contributed by atoms with Crippen LogP contribution in [0.25, 0.3) is 0 Å². The molecule has 0 aromatic heterocycles. The first-order chi connectivity index (χ1) is 16.6. The molecule has 3 aliphatic heterocycles. The molecule has 2 fully saturated rings. The van der Waals surface area contributed by atoms with Crippen molar-refractivity contribution < 1.29 is 24.2 Å². The SMILES string of the molecule is C[C@@H]1[C@@H]([Si](C)(C)O)[C@H](CCO)O[C@@]12C(=O)N(Cc1ccc(N3CCC3=O)cc1)c1ccc(Cl)cc12. The van der Waals surface area contributed by atoms with E-state index >= 15 is 0 Å². The second-order valence-electron chi connectivity index (χ2n) is 10.4. The van der Waals surface area contributed by atoms with Crippen LogP contribution in [0.15, 0.2) is 42.5 Å². The number of carbonyl (C=O) groups is 2. The summed E-state index contributed by atoms with van der Waals surface area (Å²) < 4.78 is 6.57. The van der Waals surface area contributed by atoms with E-state index in [4.69, 9.17) is 16.3 Å². The molecule has 0 saturated carbocycles. The van der Waals surface area contributed by atoms with Crippen LogP contribution >= 0.6 is 11.6 Å². The molecular formula is C26H31ClN2O5Si. The van der Waals surface area contributed by atoms with Crippen LogP contribution in [0.3, 0.4) is 0 Å². The number of amides is 2. The number of rotatable bonds is 6. The molecule has 4 atom stereocenters. The first kappa shape index (κ1) is 24.5. The molecule has 2 N–H and O–H groups in total. The average Bonchev–Trinajstić information content (AvgIpc) is 3.21. The van der Waals surface area contributed by atoms with E-state index in [9.17, 15) is 19.5 Å². The second-order valence-corrected chi connectivity index (χ2v) is 14.8. The highest BCUT2D eigenvalue weighted by Gasteiger charge is 2.66. The molecule has 7 nitrogen and oxygen atoms in total. The average molecular weight is 515 g/mol. The summed E-state index contributed by atoms with van der Waals surface area (Å²) in [6.45, 7) is 6.69. The van der Waals surface area contributed by atoms with Gasteiger partial charge in [0.15, 0.2) is 13.9 Å². The second kappa shape index (κ2) is 8.71. The van der Waals surface area contributed by atoms with Crippen LogP contribution in [-0.2, 0) is 26.5 Å². The molecular weight excluding hydrogens is 484 g/mol. The molecule has 1 spiro atoms. The molecule has 2 aromatic rings. The van der Waals surface area contributed by atoms with Gasteiger partial charge in [-0.3, -0.25) is 9.59 Å². The largest absolute Gasteiger partial charge is 0.432 e. The lowest BCUT2D eigenvalue weighted by molar-refractivity contribution is -0.146. The highest BCUT2D eigenvalue weighted by atomic mass is 35.5. The van der Waals surface area contributed by atoms with Crippen molar-refractivity contribution >= 4 is 43.1 Å². The number of fused-ring (bicyclic) bond motifs is 2. The molecule has 35 heavy (non-hydrogen) atoms. The lowest BCUT2D eigenvalue weighted by Crippen LogP contribution is -2.46. The summed E-state index contributed by atoms with van der Waals surface area (Å²) in [4.78, 5) is 40.6. The van der Waals surface area contributed by atoms with Gasteiger partial charge in [0.1, 0.15) is 0 Å². The number of anilines is 2. The summed E-state index contributed by atoms with van der Waals surface area (Å²) in [5, 5.41) is 10.2. The molecule has 0 radical (unpaired) electrons. The maximum absolute atomic E-state index is 14.2. The van der Waals surface area contributed by atoms with Gasteiger partial charge in [-0.1, -0.05) is 30.7 Å². The number of benzene rings is 2. The zero-order valence-electron chi connectivity index (χ0n) is 20.2. The maximum atomic E-state index is 14.2. The molecule has 2 aromatic carbocycles. The molecule has 186 valence electrons. The Morgan fingerprint density at radius 2 is 1.89 bits per heavy atom. The van der Waals surface area contributed by atoms with Gasteiger partial charge in [-0.05, 0) is 55.4 Å². The van der Waals surface area contributed by atoms with E-state index < -0.39 is 20.0 Å². The fourth-order valence-electron chi connectivity index (χ4n) is 6.16. The van der Waals surface area contributed by atoms with E-state index in [1.807, 2.05) is 50.3 Å². The van der Waals surface area contributed by atoms with Gasteiger partial charge in [-0.25, -0.2) is 0 Å². The van der Waals surface area contributed by atoms with Crippen molar-refractivity contribution in [3.05, 3.63) is 58.6 Å². The Morgan fingerprint density at radius 1 is 1.17 bits per heavy atom. The highest BCUT2D eigenvalue weighted by Crippen LogP contribution is 2.60. The van der Waals surface area contributed by atoms with Crippen molar-refractivity contribution in [3.63, 3.8) is 0 Å². The fraction of sp³-hybridized carbons (Fsp3) is 0.462. The number of hydrogen-bond donors (Lipinski definition) is 2. The Labute approximate surface area is 211 Å². The number of aliphatic hydroxyl groups excluding tert-OH is 1. The van der Waals surface area contributed by atoms with E-state index in [0.717, 1.165) is 23.5 Å². The van der Waals surface area contributed by atoms with Crippen LogP contribution in [0, 0.1) is 5.92 Å². The lowest BCUT2D eigenvalue weighted by atomic mass is 9.82. The van der Waals surface area contributed by atoms with Crippen molar-refractivity contribution in [2.45, 2.75) is 56.7 Å². The fourth-order valence-corrected chi connectivity index (χ4v) is 8.93. The zero-order valence-corrected chi connectivity index (χ0v) is 22.0. The van der Waals surface area contributed by atoms with Crippen LogP contribution in [-0.4, -0.2) is 49.3 Å². The summed E-state index contributed by atoms with van der Waals surface area (Å²) in [5.74, 6) is -0.344. The van der Waals surface area contributed by atoms with Crippen molar-refractivity contribution in [2.75, 3.05) is 23.0 Å². The predicted molar refractivity (Wildman–Crippen MR) is 137 cm³/mol. The van der Waals surface area contributed by atoms with E-state index in [-0.39, 0.29) is 29.9 Å². The predicted octanol–water partition coefficient (Wildman–Crippen LogP) is 3.80. The number of ether oxygens (including phenoxy) is 1. The van der Waals surface area contributed by atoms with Crippen LogP contribution in [0.2, 0.25) is 23.7 Å². The van der Waals surface area contributed by atoms with Gasteiger partial charge in [-0.2, -0.15) is 0 Å². The maximum Gasteiger partial charge on any atom is 0.264 e. The number of carbonyl (C=O) groups excluding carboxylic acids is 2. The summed E-state index contributed by atoms with van der Waals surface area (Å²) in [6, 6.07) is 13.1. The van der Waals surface area contributed by atoms with Crippen LogP contribution in [0.1, 0.15) is 30.9 Å². The summed E-state index contributed by atoms with van der Waals surface area (Å²) >= 11 is 6.39. The van der Waals surface area contributed by atoms with Gasteiger partial charge in [-0.15, -0.1) is 0 Å². The highest BCUT2D eigenvalue weighted by molar-refractivity contribution is 6.71. The Morgan fingerprint density at radius 3 is 2.46 bits per heavy atom. The first-order valence-electron chi connectivity index (χ1n) is 12.1. The molecule has 0 unspecified atom stereocenters. The van der Waals surface area contributed by atoms with E-state index in [1.165, 1.54) is 0 Å². The third-order valence-corrected chi connectivity index (χ3v) is 10.5. The minimum Gasteiger partial charge on any atom is -0.432 e. The van der Waals surface area contributed by atoms with Crippen molar-refractivity contribution in [2.24, 2.45) is 5.92 Å². The quantitative estimate of drug-likeness (QED) is 0.452. The molecule has 3 aliphatic rings. The topological polar surface area (TPSA) is 90.3 Å². The Bertz CT molecular complexity index is 1170. The molecule has 9 heteroatoms.